The maximum Gasteiger partial charge on any atom is 0.227 e. The molecule has 0 saturated carbocycles. The number of rotatable bonds is 6. The van der Waals surface area contributed by atoms with E-state index in [0.29, 0.717) is 18.2 Å². The standard InChI is InChI=1S/C21H27NO3/c1-16-6-3-4-8-18(16)10-9-17-7-5-11-22(13-17)14-19-12-20(23)21(24-2)15-25-19/h3-4,6,8,12,15,17H,5,7,9-11,13-14H2,1-2H3/t17-/m1/s1. The lowest BCUT2D eigenvalue weighted by Gasteiger charge is -2.32. The van der Waals surface area contributed by atoms with Gasteiger partial charge in [0.2, 0.25) is 11.2 Å². The third-order valence-electron chi connectivity index (χ3n) is 5.14. The number of hydrogen-bond donors (Lipinski definition) is 0. The number of methoxy groups -OCH3 is 1. The van der Waals surface area contributed by atoms with Gasteiger partial charge in [-0.15, -0.1) is 0 Å². The van der Waals surface area contributed by atoms with Gasteiger partial charge in [-0.05, 0) is 56.2 Å². The van der Waals surface area contributed by atoms with Crippen molar-refractivity contribution in [3.8, 4) is 5.75 Å². The Balaban J connectivity index is 1.55. The van der Waals surface area contributed by atoms with Crippen molar-refractivity contribution in [2.45, 2.75) is 39.2 Å². The van der Waals surface area contributed by atoms with Crippen molar-refractivity contribution < 1.29 is 9.15 Å². The Hall–Kier alpha value is -2.07. The average Bonchev–Trinajstić information content (AvgIpc) is 2.62. The van der Waals surface area contributed by atoms with Crippen molar-refractivity contribution in [3.05, 3.63) is 63.7 Å². The molecule has 1 atom stereocenters. The van der Waals surface area contributed by atoms with Gasteiger partial charge in [-0.3, -0.25) is 9.69 Å². The van der Waals surface area contributed by atoms with Gasteiger partial charge >= 0.3 is 0 Å². The highest BCUT2D eigenvalue weighted by molar-refractivity contribution is 5.25. The van der Waals surface area contributed by atoms with Crippen LogP contribution in [0.25, 0.3) is 0 Å². The third-order valence-corrected chi connectivity index (χ3v) is 5.14. The quantitative estimate of drug-likeness (QED) is 0.801. The summed E-state index contributed by atoms with van der Waals surface area (Å²) in [6.07, 6.45) is 6.27. The molecule has 1 saturated heterocycles. The zero-order valence-electron chi connectivity index (χ0n) is 15.2. The summed E-state index contributed by atoms with van der Waals surface area (Å²) in [5, 5.41) is 0. The summed E-state index contributed by atoms with van der Waals surface area (Å²) < 4.78 is 10.5. The van der Waals surface area contributed by atoms with Crippen LogP contribution in [0.15, 0.2) is 45.8 Å². The normalized spacial score (nSPS) is 18.2. The molecule has 0 aliphatic carbocycles. The van der Waals surface area contributed by atoms with Crippen molar-refractivity contribution in [2.24, 2.45) is 5.92 Å². The van der Waals surface area contributed by atoms with Crippen LogP contribution < -0.4 is 10.2 Å². The van der Waals surface area contributed by atoms with Gasteiger partial charge in [0.15, 0.2) is 0 Å². The second kappa shape index (κ2) is 8.34. The Morgan fingerprint density at radius 2 is 2.16 bits per heavy atom. The van der Waals surface area contributed by atoms with Crippen LogP contribution in [0.2, 0.25) is 0 Å². The monoisotopic (exact) mass is 341 g/mol. The first-order valence-corrected chi connectivity index (χ1v) is 9.08. The van der Waals surface area contributed by atoms with E-state index in [-0.39, 0.29) is 11.2 Å². The number of hydrogen-bond acceptors (Lipinski definition) is 4. The van der Waals surface area contributed by atoms with Gasteiger partial charge in [0.1, 0.15) is 12.0 Å². The molecule has 1 fully saturated rings. The van der Waals surface area contributed by atoms with Crippen LogP contribution in [0.1, 0.15) is 36.1 Å². The molecule has 1 aromatic carbocycles. The molecule has 4 heteroatoms. The van der Waals surface area contributed by atoms with Crippen LogP contribution in [0.5, 0.6) is 5.75 Å². The number of piperidine rings is 1. The number of benzene rings is 1. The predicted octanol–water partition coefficient (Wildman–Crippen LogP) is 3.80. The largest absolute Gasteiger partial charge is 0.490 e. The summed E-state index contributed by atoms with van der Waals surface area (Å²) in [4.78, 5) is 14.3. The molecule has 1 aliphatic heterocycles. The molecule has 25 heavy (non-hydrogen) atoms. The van der Waals surface area contributed by atoms with Crippen LogP contribution in [-0.4, -0.2) is 25.1 Å². The molecule has 0 amide bonds. The number of ether oxygens (including phenoxy) is 1. The molecule has 0 bridgehead atoms. The van der Waals surface area contributed by atoms with Gasteiger partial charge < -0.3 is 9.15 Å². The summed E-state index contributed by atoms with van der Waals surface area (Å²) in [6, 6.07) is 10.2. The molecular formula is C21H27NO3. The van der Waals surface area contributed by atoms with Crippen molar-refractivity contribution >= 4 is 0 Å². The molecule has 2 heterocycles. The van der Waals surface area contributed by atoms with E-state index in [2.05, 4.69) is 36.1 Å². The number of likely N-dealkylation sites (tertiary alicyclic amines) is 1. The SMILES string of the molecule is COc1coc(CN2CCC[C@H](CCc3ccccc3C)C2)cc1=O. The molecule has 0 unspecified atom stereocenters. The Morgan fingerprint density at radius 3 is 2.92 bits per heavy atom. The molecule has 2 aromatic rings. The van der Waals surface area contributed by atoms with Crippen LogP contribution in [-0.2, 0) is 13.0 Å². The van der Waals surface area contributed by atoms with Gasteiger partial charge in [-0.2, -0.15) is 0 Å². The summed E-state index contributed by atoms with van der Waals surface area (Å²) in [7, 11) is 1.48. The van der Waals surface area contributed by atoms with Crippen molar-refractivity contribution in [2.75, 3.05) is 20.2 Å². The van der Waals surface area contributed by atoms with Gasteiger partial charge in [0.25, 0.3) is 0 Å². The molecular weight excluding hydrogens is 314 g/mol. The lowest BCUT2D eigenvalue weighted by molar-refractivity contribution is 0.150. The van der Waals surface area contributed by atoms with Crippen LogP contribution in [0, 0.1) is 12.8 Å². The minimum Gasteiger partial charge on any atom is -0.490 e. The van der Waals surface area contributed by atoms with Gasteiger partial charge in [0.05, 0.1) is 13.7 Å². The molecule has 0 spiro atoms. The third kappa shape index (κ3) is 4.73. The lowest BCUT2D eigenvalue weighted by Crippen LogP contribution is -2.35. The van der Waals surface area contributed by atoms with Crippen molar-refractivity contribution in [1.29, 1.82) is 0 Å². The van der Waals surface area contributed by atoms with E-state index in [9.17, 15) is 4.79 Å². The topological polar surface area (TPSA) is 42.7 Å². The predicted molar refractivity (Wildman–Crippen MR) is 99.0 cm³/mol. The number of aryl methyl sites for hydroxylation is 2. The first-order chi connectivity index (χ1) is 12.2. The molecule has 4 nitrogen and oxygen atoms in total. The zero-order chi connectivity index (χ0) is 17.6. The Labute approximate surface area is 149 Å². The van der Waals surface area contributed by atoms with Crippen LogP contribution >= 0.6 is 0 Å². The Kier molecular flexibility index (Phi) is 5.92. The Bertz CT molecular complexity index is 753. The molecule has 0 radical (unpaired) electrons. The van der Waals surface area contributed by atoms with Gasteiger partial charge in [-0.1, -0.05) is 24.3 Å². The number of nitrogens with zero attached hydrogens (tertiary/aromatic N) is 1. The zero-order valence-corrected chi connectivity index (χ0v) is 15.2. The maximum atomic E-state index is 11.9. The summed E-state index contributed by atoms with van der Waals surface area (Å²) >= 11 is 0. The first-order valence-electron chi connectivity index (χ1n) is 9.08. The maximum absolute atomic E-state index is 11.9. The van der Waals surface area contributed by atoms with Crippen LogP contribution in [0.3, 0.4) is 0 Å². The Morgan fingerprint density at radius 1 is 1.32 bits per heavy atom. The summed E-state index contributed by atoms with van der Waals surface area (Å²) in [6.45, 7) is 5.02. The van der Waals surface area contributed by atoms with E-state index in [1.165, 1.54) is 43.8 Å². The van der Waals surface area contributed by atoms with E-state index in [1.54, 1.807) is 6.07 Å². The molecule has 134 valence electrons. The highest BCUT2D eigenvalue weighted by Gasteiger charge is 2.21. The minimum absolute atomic E-state index is 0.114. The highest BCUT2D eigenvalue weighted by Crippen LogP contribution is 2.23. The lowest BCUT2D eigenvalue weighted by atomic mass is 9.90. The van der Waals surface area contributed by atoms with Crippen molar-refractivity contribution in [1.82, 2.24) is 4.90 Å². The summed E-state index contributed by atoms with van der Waals surface area (Å²) in [5.41, 5.74) is 2.73. The molecule has 0 N–H and O–H groups in total. The smallest absolute Gasteiger partial charge is 0.227 e. The van der Waals surface area contributed by atoms with E-state index in [4.69, 9.17) is 9.15 Å². The van der Waals surface area contributed by atoms with Crippen LogP contribution in [0.4, 0.5) is 0 Å². The minimum atomic E-state index is -0.114. The average molecular weight is 341 g/mol. The van der Waals surface area contributed by atoms with Gasteiger partial charge in [-0.25, -0.2) is 0 Å². The van der Waals surface area contributed by atoms with Gasteiger partial charge in [0, 0.05) is 12.6 Å². The molecule has 3 rings (SSSR count). The fraction of sp³-hybridized carbons (Fsp3) is 0.476. The second-order valence-corrected chi connectivity index (χ2v) is 6.99. The van der Waals surface area contributed by atoms with E-state index < -0.39 is 0 Å². The van der Waals surface area contributed by atoms with E-state index in [0.717, 1.165) is 19.5 Å². The highest BCUT2D eigenvalue weighted by atomic mass is 16.5. The van der Waals surface area contributed by atoms with E-state index >= 15 is 0 Å². The molecule has 1 aromatic heterocycles. The second-order valence-electron chi connectivity index (χ2n) is 6.99. The fourth-order valence-electron chi connectivity index (χ4n) is 3.67. The molecule has 1 aliphatic rings. The fourth-order valence-corrected chi connectivity index (χ4v) is 3.67. The van der Waals surface area contributed by atoms with Crippen molar-refractivity contribution in [3.63, 3.8) is 0 Å². The van der Waals surface area contributed by atoms with E-state index in [1.807, 2.05) is 0 Å². The first kappa shape index (κ1) is 17.7. The summed E-state index contributed by atoms with van der Waals surface area (Å²) in [5.74, 6) is 1.68.